The largest absolute Gasteiger partial charge is 0.398 e. The van der Waals surface area contributed by atoms with Gasteiger partial charge in [-0.3, -0.25) is 9.79 Å². The molecule has 5 nitrogen and oxygen atoms in total. The first kappa shape index (κ1) is 18.2. The van der Waals surface area contributed by atoms with Crippen molar-refractivity contribution in [1.29, 1.82) is 0 Å². The number of halogens is 1. The van der Waals surface area contributed by atoms with E-state index in [0.29, 0.717) is 23.4 Å². The maximum atomic E-state index is 13.1. The lowest BCUT2D eigenvalue weighted by molar-refractivity contribution is -0.117. The summed E-state index contributed by atoms with van der Waals surface area (Å²) in [6, 6.07) is 11.2. The molecule has 0 aromatic heterocycles. The number of carbonyl (C=O) groups is 1. The van der Waals surface area contributed by atoms with Crippen LogP contribution in [0.5, 0.6) is 0 Å². The van der Waals surface area contributed by atoms with Gasteiger partial charge in [0.25, 0.3) is 5.91 Å². The topological polar surface area (TPSA) is 93.5 Å². The smallest absolute Gasteiger partial charge is 0.272 e. The lowest BCUT2D eigenvalue weighted by Gasteiger charge is -2.14. The van der Waals surface area contributed by atoms with Crippen molar-refractivity contribution in [2.24, 2.45) is 10.7 Å². The standard InChI is InChI=1S/C19H21FN4O/c1-3-11-24-19(25)18(23-2)17(22)15-6-4-5-14(16(15)21)12-7-9-13(20)10-8-12/h4-10H,2-3,11,21-22H2,1H3,(H,24,25)/b18-17+. The fourth-order valence-corrected chi connectivity index (χ4v) is 2.41. The summed E-state index contributed by atoms with van der Waals surface area (Å²) < 4.78 is 13.1. The van der Waals surface area contributed by atoms with Gasteiger partial charge in [0.1, 0.15) is 5.82 Å². The van der Waals surface area contributed by atoms with Gasteiger partial charge in [-0.2, -0.15) is 0 Å². The van der Waals surface area contributed by atoms with Crippen molar-refractivity contribution in [2.45, 2.75) is 13.3 Å². The number of nitrogens with zero attached hydrogens (tertiary/aromatic N) is 1. The Labute approximate surface area is 146 Å². The van der Waals surface area contributed by atoms with Crippen LogP contribution in [0.4, 0.5) is 10.1 Å². The second-order valence-electron chi connectivity index (χ2n) is 5.45. The zero-order valence-electron chi connectivity index (χ0n) is 14.1. The van der Waals surface area contributed by atoms with Gasteiger partial charge in [-0.15, -0.1) is 0 Å². The Morgan fingerprint density at radius 2 is 1.92 bits per heavy atom. The normalized spacial score (nSPS) is 11.6. The Kier molecular flexibility index (Phi) is 5.89. The van der Waals surface area contributed by atoms with Crippen LogP contribution in [0.25, 0.3) is 16.8 Å². The van der Waals surface area contributed by atoms with Crippen LogP contribution in [0.1, 0.15) is 18.9 Å². The van der Waals surface area contributed by atoms with E-state index in [2.05, 4.69) is 17.0 Å². The predicted octanol–water partition coefficient (Wildman–Crippen LogP) is 2.93. The Balaban J connectivity index is 2.49. The highest BCUT2D eigenvalue weighted by Gasteiger charge is 2.16. The number of para-hydroxylation sites is 1. The molecule has 0 radical (unpaired) electrons. The molecule has 0 unspecified atom stereocenters. The molecule has 0 atom stereocenters. The average molecular weight is 340 g/mol. The first-order valence-electron chi connectivity index (χ1n) is 7.89. The Morgan fingerprint density at radius 3 is 2.52 bits per heavy atom. The van der Waals surface area contributed by atoms with Gasteiger partial charge in [0.05, 0.1) is 5.70 Å². The van der Waals surface area contributed by atoms with Crippen molar-refractivity contribution in [3.8, 4) is 11.1 Å². The minimum absolute atomic E-state index is 0.0245. The number of nitrogens with one attached hydrogen (secondary N) is 1. The number of benzene rings is 2. The van der Waals surface area contributed by atoms with Gasteiger partial charge >= 0.3 is 0 Å². The van der Waals surface area contributed by atoms with E-state index in [4.69, 9.17) is 11.5 Å². The number of nitrogen functional groups attached to an aromatic ring is 1. The first-order valence-corrected chi connectivity index (χ1v) is 7.89. The molecule has 2 aromatic carbocycles. The summed E-state index contributed by atoms with van der Waals surface area (Å²) in [6.07, 6.45) is 0.790. The number of hydrogen-bond acceptors (Lipinski definition) is 4. The summed E-state index contributed by atoms with van der Waals surface area (Å²) in [6.45, 7) is 5.88. The SMILES string of the molecule is C=N/C(C(=O)NCCC)=C(/N)c1cccc(-c2ccc(F)cc2)c1N. The first-order chi connectivity index (χ1) is 12.0. The summed E-state index contributed by atoms with van der Waals surface area (Å²) in [7, 11) is 0. The van der Waals surface area contributed by atoms with Gasteiger partial charge in [0.15, 0.2) is 5.70 Å². The quantitative estimate of drug-likeness (QED) is 0.429. The molecule has 1 amide bonds. The third-order valence-electron chi connectivity index (χ3n) is 3.72. The van der Waals surface area contributed by atoms with Crippen molar-refractivity contribution in [3.63, 3.8) is 0 Å². The average Bonchev–Trinajstić information content (AvgIpc) is 2.61. The Hall–Kier alpha value is -3.15. The van der Waals surface area contributed by atoms with Crippen LogP contribution in [-0.2, 0) is 4.79 Å². The molecule has 0 saturated carbocycles. The Bertz CT molecular complexity index is 813. The van der Waals surface area contributed by atoms with Crippen molar-refractivity contribution in [1.82, 2.24) is 5.32 Å². The molecule has 25 heavy (non-hydrogen) atoms. The molecule has 0 aliphatic carbocycles. The van der Waals surface area contributed by atoms with Crippen LogP contribution in [0, 0.1) is 5.82 Å². The van der Waals surface area contributed by atoms with E-state index in [0.717, 1.165) is 12.0 Å². The summed E-state index contributed by atoms with van der Waals surface area (Å²) in [5.41, 5.74) is 14.9. The predicted molar refractivity (Wildman–Crippen MR) is 100 cm³/mol. The van der Waals surface area contributed by atoms with Gasteiger partial charge in [0.2, 0.25) is 0 Å². The minimum Gasteiger partial charge on any atom is -0.398 e. The lowest BCUT2D eigenvalue weighted by atomic mass is 9.98. The lowest BCUT2D eigenvalue weighted by Crippen LogP contribution is -2.26. The summed E-state index contributed by atoms with van der Waals surface area (Å²) in [5, 5.41) is 2.71. The summed E-state index contributed by atoms with van der Waals surface area (Å²) >= 11 is 0. The van der Waals surface area contributed by atoms with Gasteiger partial charge in [-0.1, -0.05) is 37.3 Å². The molecule has 2 rings (SSSR count). The maximum Gasteiger partial charge on any atom is 0.272 e. The highest BCUT2D eigenvalue weighted by molar-refractivity contribution is 6.02. The summed E-state index contributed by atoms with van der Waals surface area (Å²) in [5.74, 6) is -0.732. The molecule has 130 valence electrons. The Morgan fingerprint density at radius 1 is 1.24 bits per heavy atom. The van der Waals surface area contributed by atoms with Crippen LogP contribution in [0.3, 0.4) is 0 Å². The zero-order valence-corrected chi connectivity index (χ0v) is 14.1. The minimum atomic E-state index is -0.402. The van der Waals surface area contributed by atoms with Gasteiger partial charge < -0.3 is 16.8 Å². The molecular formula is C19H21FN4O. The number of anilines is 1. The molecule has 0 heterocycles. The zero-order chi connectivity index (χ0) is 18.4. The van der Waals surface area contributed by atoms with E-state index in [1.165, 1.54) is 12.1 Å². The summed E-state index contributed by atoms with van der Waals surface area (Å²) in [4.78, 5) is 15.9. The van der Waals surface area contributed by atoms with Gasteiger partial charge in [-0.25, -0.2) is 4.39 Å². The highest BCUT2D eigenvalue weighted by Crippen LogP contribution is 2.32. The number of carbonyl (C=O) groups excluding carboxylic acids is 1. The molecule has 5 N–H and O–H groups in total. The number of rotatable bonds is 6. The fraction of sp³-hybridized carbons (Fsp3) is 0.158. The van der Waals surface area contributed by atoms with Gasteiger partial charge in [0, 0.05) is 23.4 Å². The van der Waals surface area contributed by atoms with Crippen molar-refractivity contribution >= 4 is 24.0 Å². The van der Waals surface area contributed by atoms with Crippen LogP contribution in [-0.4, -0.2) is 19.2 Å². The van der Waals surface area contributed by atoms with Crippen LogP contribution >= 0.6 is 0 Å². The van der Waals surface area contributed by atoms with Crippen LogP contribution in [0.15, 0.2) is 53.2 Å². The second-order valence-corrected chi connectivity index (χ2v) is 5.45. The van der Waals surface area contributed by atoms with Crippen molar-refractivity contribution in [3.05, 3.63) is 59.5 Å². The van der Waals surface area contributed by atoms with E-state index in [-0.39, 0.29) is 17.2 Å². The highest BCUT2D eigenvalue weighted by atomic mass is 19.1. The fourth-order valence-electron chi connectivity index (χ4n) is 2.41. The third-order valence-corrected chi connectivity index (χ3v) is 3.72. The molecule has 0 spiro atoms. The molecule has 6 heteroatoms. The number of aliphatic imine (C=N–C) groups is 1. The number of nitrogens with two attached hydrogens (primary N) is 2. The van der Waals surface area contributed by atoms with E-state index in [9.17, 15) is 9.18 Å². The molecule has 2 aromatic rings. The van der Waals surface area contributed by atoms with E-state index in [1.807, 2.05) is 6.92 Å². The molecule has 0 fully saturated rings. The second kappa shape index (κ2) is 8.10. The van der Waals surface area contributed by atoms with Crippen molar-refractivity contribution < 1.29 is 9.18 Å². The van der Waals surface area contributed by atoms with E-state index >= 15 is 0 Å². The molecule has 0 saturated heterocycles. The van der Waals surface area contributed by atoms with Crippen LogP contribution < -0.4 is 16.8 Å². The number of hydrogen-bond donors (Lipinski definition) is 3. The van der Waals surface area contributed by atoms with E-state index in [1.54, 1.807) is 30.3 Å². The maximum absolute atomic E-state index is 13.1. The molecular weight excluding hydrogens is 319 g/mol. The van der Waals surface area contributed by atoms with Gasteiger partial charge in [-0.05, 0) is 30.8 Å². The van der Waals surface area contributed by atoms with E-state index < -0.39 is 5.91 Å². The van der Waals surface area contributed by atoms with Crippen LogP contribution in [0.2, 0.25) is 0 Å². The molecule has 0 aliphatic rings. The third kappa shape index (κ3) is 4.03. The number of amides is 1. The monoisotopic (exact) mass is 340 g/mol. The molecule has 0 bridgehead atoms. The molecule has 0 aliphatic heterocycles. The van der Waals surface area contributed by atoms with Crippen molar-refractivity contribution in [2.75, 3.05) is 12.3 Å².